The zero-order valence-corrected chi connectivity index (χ0v) is 21.8. The molecule has 4 aliphatic rings. The number of allylic oxidation sites excluding steroid dienone is 2. The summed E-state index contributed by atoms with van der Waals surface area (Å²) in [7, 11) is 0. The third kappa shape index (κ3) is 4.84. The minimum absolute atomic E-state index is 0.00755. The molecule has 196 valence electrons. The second kappa shape index (κ2) is 10.7. The first-order valence-electron chi connectivity index (χ1n) is 13.9. The van der Waals surface area contributed by atoms with Crippen LogP contribution < -0.4 is 10.6 Å². The monoisotopic (exact) mass is 510 g/mol. The average molecular weight is 511 g/mol. The second-order valence-electron chi connectivity index (χ2n) is 10.8. The first-order chi connectivity index (χ1) is 18.6. The van der Waals surface area contributed by atoms with Gasteiger partial charge in [0.05, 0.1) is 18.0 Å². The zero-order valence-electron chi connectivity index (χ0n) is 21.8. The van der Waals surface area contributed by atoms with Crippen LogP contribution in [0.4, 0.5) is 0 Å². The summed E-state index contributed by atoms with van der Waals surface area (Å²) in [6.07, 6.45) is 12.7. The maximum atomic E-state index is 13.1. The van der Waals surface area contributed by atoms with Crippen molar-refractivity contribution < 1.29 is 14.1 Å². The molecule has 7 nitrogen and oxygen atoms in total. The van der Waals surface area contributed by atoms with Crippen LogP contribution in [0.2, 0.25) is 0 Å². The number of nitrogens with two attached hydrogens (primary N) is 1. The third-order valence-corrected chi connectivity index (χ3v) is 8.29. The first kappa shape index (κ1) is 24.8. The van der Waals surface area contributed by atoms with Gasteiger partial charge in [-0.15, -0.1) is 4.59 Å². The van der Waals surface area contributed by atoms with Gasteiger partial charge in [0, 0.05) is 24.9 Å². The number of carbonyl (C=O) groups excluding carboxylic acids is 1. The lowest BCUT2D eigenvalue weighted by Gasteiger charge is -2.34. The molecule has 0 aromatic heterocycles. The van der Waals surface area contributed by atoms with Crippen LogP contribution in [0.1, 0.15) is 56.1 Å². The quantitative estimate of drug-likeness (QED) is 0.423. The van der Waals surface area contributed by atoms with E-state index in [9.17, 15) is 4.79 Å². The summed E-state index contributed by atoms with van der Waals surface area (Å²) < 4.78 is 6.10. The highest BCUT2D eigenvalue weighted by atomic mass is 16.5. The van der Waals surface area contributed by atoms with Gasteiger partial charge in [0.25, 0.3) is 5.84 Å². The van der Waals surface area contributed by atoms with E-state index in [-0.39, 0.29) is 16.4 Å². The van der Waals surface area contributed by atoms with Gasteiger partial charge in [0.2, 0.25) is 11.6 Å². The highest BCUT2D eigenvalue weighted by Gasteiger charge is 2.46. The number of amides is 1. The second-order valence-corrected chi connectivity index (χ2v) is 10.8. The number of piperidine rings is 1. The topological polar surface area (TPSA) is 80.3 Å². The number of aliphatic imine (C=N–C) groups is 2. The van der Waals surface area contributed by atoms with E-state index in [0.29, 0.717) is 12.5 Å². The predicted molar refractivity (Wildman–Crippen MR) is 149 cm³/mol. The van der Waals surface area contributed by atoms with Crippen molar-refractivity contribution in [2.75, 3.05) is 13.1 Å². The molecule has 6 rings (SSSR count). The SMILES string of the molecule is N[N+]12C=CN=CC1=C(C1CCC(C(=O)N3CCCCC3)CC1)N=C2c1cccc(OCc2ccccc2)c1. The summed E-state index contributed by atoms with van der Waals surface area (Å²) in [5, 5.41) is 0. The Morgan fingerprint density at radius 1 is 1.00 bits per heavy atom. The van der Waals surface area contributed by atoms with Crippen molar-refractivity contribution in [2.45, 2.75) is 51.6 Å². The van der Waals surface area contributed by atoms with E-state index >= 15 is 0 Å². The standard InChI is InChI=1S/C31H36N5O2/c32-36-19-16-33-21-28(36)29(24-12-14-25(15-13-24)31(37)35-17-5-2-6-18-35)34-30(36)26-10-7-11-27(20-26)38-22-23-8-3-1-4-9-23/h1,3-4,7-11,16,19-21,24-25H,2,5-6,12-15,17-18,22,32H2/q+1. The molecule has 0 spiro atoms. The number of hydrogen-bond donors (Lipinski definition) is 1. The molecule has 1 aliphatic carbocycles. The zero-order chi connectivity index (χ0) is 26.0. The molecular formula is C31H36N5O2+. The van der Waals surface area contributed by atoms with Gasteiger partial charge in [-0.25, -0.2) is 0 Å². The lowest BCUT2D eigenvalue weighted by atomic mass is 9.79. The fourth-order valence-electron chi connectivity index (χ4n) is 6.16. The van der Waals surface area contributed by atoms with Crippen LogP contribution in [0.15, 0.2) is 88.4 Å². The van der Waals surface area contributed by atoms with Crippen LogP contribution in [0, 0.1) is 11.8 Å². The molecule has 2 aromatic rings. The Morgan fingerprint density at radius 3 is 2.58 bits per heavy atom. The molecule has 3 heterocycles. The Balaban J connectivity index is 1.20. The van der Waals surface area contributed by atoms with Crippen LogP contribution in [0.3, 0.4) is 0 Å². The van der Waals surface area contributed by atoms with E-state index in [2.05, 4.69) is 22.0 Å². The van der Waals surface area contributed by atoms with E-state index in [4.69, 9.17) is 15.6 Å². The molecule has 3 aliphatic heterocycles. The van der Waals surface area contributed by atoms with E-state index in [1.54, 1.807) is 6.20 Å². The molecule has 1 unspecified atom stereocenters. The number of nitrogens with zero attached hydrogens (tertiary/aromatic N) is 4. The molecule has 0 radical (unpaired) electrons. The molecule has 2 N–H and O–H groups in total. The van der Waals surface area contributed by atoms with Crippen molar-refractivity contribution in [1.29, 1.82) is 0 Å². The van der Waals surface area contributed by atoms with Crippen molar-refractivity contribution in [2.24, 2.45) is 27.7 Å². The number of rotatable bonds is 6. The van der Waals surface area contributed by atoms with Gasteiger partial charge in [0.1, 0.15) is 24.3 Å². The summed E-state index contributed by atoms with van der Waals surface area (Å²) in [5.41, 5.74) is 3.98. The highest BCUT2D eigenvalue weighted by Crippen LogP contribution is 2.41. The van der Waals surface area contributed by atoms with Crippen LogP contribution in [-0.4, -0.2) is 40.5 Å². The van der Waals surface area contributed by atoms with E-state index in [0.717, 1.165) is 85.7 Å². The molecule has 0 bridgehead atoms. The minimum atomic E-state index is 0.00755. The maximum absolute atomic E-state index is 13.1. The summed E-state index contributed by atoms with van der Waals surface area (Å²) in [4.78, 5) is 24.8. The fourth-order valence-corrected chi connectivity index (χ4v) is 6.16. The Bertz CT molecular complexity index is 1300. The van der Waals surface area contributed by atoms with Crippen molar-refractivity contribution in [3.63, 3.8) is 0 Å². The summed E-state index contributed by atoms with van der Waals surface area (Å²) >= 11 is 0. The number of hydrogen-bond acceptors (Lipinski definition) is 5. The van der Waals surface area contributed by atoms with Crippen LogP contribution in [0.5, 0.6) is 5.75 Å². The summed E-state index contributed by atoms with van der Waals surface area (Å²) in [6, 6.07) is 18.1. The third-order valence-electron chi connectivity index (χ3n) is 8.29. The van der Waals surface area contributed by atoms with Crippen molar-refractivity contribution in [1.82, 2.24) is 4.90 Å². The van der Waals surface area contributed by atoms with Gasteiger partial charge in [-0.05, 0) is 68.7 Å². The lowest BCUT2D eigenvalue weighted by Crippen LogP contribution is -2.53. The van der Waals surface area contributed by atoms with Gasteiger partial charge in [-0.2, -0.15) is 10.8 Å². The largest absolute Gasteiger partial charge is 0.489 e. The molecule has 2 fully saturated rings. The van der Waals surface area contributed by atoms with Gasteiger partial charge in [0.15, 0.2) is 0 Å². The normalized spacial score (nSPS) is 26.8. The van der Waals surface area contributed by atoms with E-state index in [1.165, 1.54) is 6.42 Å². The smallest absolute Gasteiger partial charge is 0.265 e. The number of amidine groups is 1. The average Bonchev–Trinajstić information content (AvgIpc) is 3.30. The Labute approximate surface area is 224 Å². The van der Waals surface area contributed by atoms with E-state index < -0.39 is 0 Å². The molecular weight excluding hydrogens is 474 g/mol. The van der Waals surface area contributed by atoms with Crippen molar-refractivity contribution in [3.8, 4) is 5.75 Å². The van der Waals surface area contributed by atoms with Crippen LogP contribution in [-0.2, 0) is 11.4 Å². The Hall–Kier alpha value is -3.55. The number of ether oxygens (including phenoxy) is 1. The lowest BCUT2D eigenvalue weighted by molar-refractivity contribution is -0.750. The predicted octanol–water partition coefficient (Wildman–Crippen LogP) is 5.30. The van der Waals surface area contributed by atoms with Crippen molar-refractivity contribution >= 4 is 18.0 Å². The van der Waals surface area contributed by atoms with Gasteiger partial charge >= 0.3 is 0 Å². The summed E-state index contributed by atoms with van der Waals surface area (Å²) in [5.74, 6) is 9.31. The number of fused-ring (bicyclic) bond motifs is 1. The van der Waals surface area contributed by atoms with Crippen LogP contribution in [0.25, 0.3) is 0 Å². The molecule has 2 aromatic carbocycles. The highest BCUT2D eigenvalue weighted by molar-refractivity contribution is 6.00. The van der Waals surface area contributed by atoms with Gasteiger partial charge < -0.3 is 9.64 Å². The maximum Gasteiger partial charge on any atom is 0.265 e. The first-order valence-corrected chi connectivity index (χ1v) is 13.9. The number of quaternary nitrogens is 1. The van der Waals surface area contributed by atoms with E-state index in [1.807, 2.05) is 54.9 Å². The van der Waals surface area contributed by atoms with Gasteiger partial charge in [-0.1, -0.05) is 36.4 Å². The van der Waals surface area contributed by atoms with Crippen LogP contribution >= 0.6 is 0 Å². The van der Waals surface area contributed by atoms with Gasteiger partial charge in [-0.3, -0.25) is 9.79 Å². The Kier molecular flexibility index (Phi) is 6.96. The fraction of sp³-hybridized carbons (Fsp3) is 0.387. The molecule has 38 heavy (non-hydrogen) atoms. The number of likely N-dealkylation sites (tertiary alicyclic amines) is 1. The molecule has 1 atom stereocenters. The summed E-state index contributed by atoms with van der Waals surface area (Å²) in [6.45, 7) is 2.34. The molecule has 1 amide bonds. The number of benzene rings is 2. The van der Waals surface area contributed by atoms with Crippen molar-refractivity contribution in [3.05, 3.63) is 89.5 Å². The molecule has 1 saturated heterocycles. The minimum Gasteiger partial charge on any atom is -0.489 e. The molecule has 1 saturated carbocycles. The Morgan fingerprint density at radius 2 is 1.79 bits per heavy atom. The molecule has 7 heteroatoms. The number of carbonyl (C=O) groups is 1.